The van der Waals surface area contributed by atoms with Gasteiger partial charge in [-0.15, -0.1) is 23.2 Å². The van der Waals surface area contributed by atoms with Crippen molar-refractivity contribution in [3.05, 3.63) is 11.1 Å². The van der Waals surface area contributed by atoms with Crippen LogP contribution in [-0.2, 0) is 14.3 Å². The summed E-state index contributed by atoms with van der Waals surface area (Å²) in [7, 11) is 0. The number of cyclic esters (lactones) is 2. The van der Waals surface area contributed by atoms with Crippen LogP contribution in [0.25, 0.3) is 0 Å². The van der Waals surface area contributed by atoms with Gasteiger partial charge in [0.2, 0.25) is 0 Å². The lowest BCUT2D eigenvalue weighted by molar-refractivity contribution is -0.153. The minimum atomic E-state index is -0.416. The van der Waals surface area contributed by atoms with Gasteiger partial charge in [0.1, 0.15) is 0 Å². The number of carbonyl (C=O) groups is 2. The van der Waals surface area contributed by atoms with E-state index in [9.17, 15) is 9.59 Å². The smallest absolute Gasteiger partial charge is 0.317 e. The fourth-order valence-electron chi connectivity index (χ4n) is 2.15. The Kier molecular flexibility index (Phi) is 3.03. The lowest BCUT2D eigenvalue weighted by Gasteiger charge is -2.24. The van der Waals surface area contributed by atoms with Gasteiger partial charge in [-0.05, 0) is 12.8 Å². The van der Waals surface area contributed by atoms with E-state index >= 15 is 0 Å². The molecule has 1 fully saturated rings. The molecule has 0 aromatic rings. The van der Waals surface area contributed by atoms with Crippen molar-refractivity contribution >= 4 is 35.1 Å². The third-order valence-corrected chi connectivity index (χ3v) is 3.69. The molecule has 0 bridgehead atoms. The number of ether oxygens (including phenoxy) is 1. The highest BCUT2D eigenvalue weighted by Crippen LogP contribution is 2.40. The van der Waals surface area contributed by atoms with Crippen LogP contribution in [0.4, 0.5) is 0 Å². The van der Waals surface area contributed by atoms with Crippen molar-refractivity contribution < 1.29 is 14.3 Å². The van der Waals surface area contributed by atoms with Crippen LogP contribution in [-0.4, -0.2) is 23.7 Å². The summed E-state index contributed by atoms with van der Waals surface area (Å²) in [6.07, 6.45) is 1.03. The highest BCUT2D eigenvalue weighted by molar-refractivity contribution is 6.21. The minimum absolute atomic E-state index is 0.335. The van der Waals surface area contributed by atoms with E-state index in [2.05, 4.69) is 4.74 Å². The second-order valence-corrected chi connectivity index (χ2v) is 4.37. The third-order valence-electron chi connectivity index (χ3n) is 3.05. The maximum absolute atomic E-state index is 11.3. The highest BCUT2D eigenvalue weighted by atomic mass is 35.5. The highest BCUT2D eigenvalue weighted by Gasteiger charge is 2.46. The number of rotatable bonds is 2. The van der Waals surface area contributed by atoms with Gasteiger partial charge in [0.05, 0.1) is 11.8 Å². The summed E-state index contributed by atoms with van der Waals surface area (Å²) >= 11 is 11.5. The third kappa shape index (κ3) is 1.79. The summed E-state index contributed by atoms with van der Waals surface area (Å²) in [5.74, 6) is -0.765. The van der Waals surface area contributed by atoms with Gasteiger partial charge in [0.15, 0.2) is 0 Å². The lowest BCUT2D eigenvalue weighted by atomic mass is 9.78. The van der Waals surface area contributed by atoms with E-state index in [0.717, 1.165) is 11.1 Å². The second kappa shape index (κ2) is 4.14. The fraction of sp³-hybridized carbons (Fsp3) is 0.600. The first kappa shape index (κ1) is 11.0. The summed E-state index contributed by atoms with van der Waals surface area (Å²) in [5, 5.41) is 0. The quantitative estimate of drug-likeness (QED) is 0.325. The van der Waals surface area contributed by atoms with Crippen molar-refractivity contribution in [1.29, 1.82) is 0 Å². The molecule has 1 aliphatic carbocycles. The number of fused-ring (bicyclic) bond motifs is 1. The number of alkyl halides is 2. The van der Waals surface area contributed by atoms with Gasteiger partial charge < -0.3 is 4.74 Å². The fourth-order valence-corrected chi connectivity index (χ4v) is 2.74. The first-order chi connectivity index (χ1) is 7.17. The standard InChI is InChI=1S/C10H10Cl2O3/c11-3-5-1-7-8(2-6(5)4-12)10(14)15-9(7)13/h7-8H,1-4H2. The van der Waals surface area contributed by atoms with Crippen molar-refractivity contribution in [2.75, 3.05) is 11.8 Å². The van der Waals surface area contributed by atoms with E-state index in [0.29, 0.717) is 24.6 Å². The Morgan fingerprint density at radius 1 is 1.00 bits per heavy atom. The zero-order chi connectivity index (χ0) is 11.0. The molecule has 2 rings (SSSR count). The molecule has 0 saturated carbocycles. The van der Waals surface area contributed by atoms with Crippen molar-refractivity contribution in [2.24, 2.45) is 11.8 Å². The van der Waals surface area contributed by atoms with Gasteiger partial charge in [0, 0.05) is 11.8 Å². The summed E-state index contributed by atoms with van der Waals surface area (Å²) in [6.45, 7) is 0. The van der Waals surface area contributed by atoms with Gasteiger partial charge in [-0.3, -0.25) is 9.59 Å². The molecule has 3 nitrogen and oxygen atoms in total. The first-order valence-corrected chi connectivity index (χ1v) is 5.81. The SMILES string of the molecule is O=C1OC(=O)C2CC(CCl)=C(CCl)CC12. The zero-order valence-electron chi connectivity index (χ0n) is 7.96. The van der Waals surface area contributed by atoms with Crippen LogP contribution in [0.5, 0.6) is 0 Å². The van der Waals surface area contributed by atoms with E-state index in [-0.39, 0.29) is 11.8 Å². The average molecular weight is 249 g/mol. The molecule has 1 aliphatic heterocycles. The largest absolute Gasteiger partial charge is 0.393 e. The Bertz CT molecular complexity index is 317. The number of esters is 2. The number of hydrogen-bond acceptors (Lipinski definition) is 3. The first-order valence-electron chi connectivity index (χ1n) is 4.74. The molecule has 0 spiro atoms. The van der Waals surface area contributed by atoms with Crippen LogP contribution < -0.4 is 0 Å². The summed E-state index contributed by atoms with van der Waals surface area (Å²) < 4.78 is 4.60. The van der Waals surface area contributed by atoms with Gasteiger partial charge in [0.25, 0.3) is 0 Å². The summed E-state index contributed by atoms with van der Waals surface area (Å²) in [4.78, 5) is 22.7. The molecule has 82 valence electrons. The van der Waals surface area contributed by atoms with Crippen molar-refractivity contribution in [3.8, 4) is 0 Å². The molecule has 2 aliphatic rings. The zero-order valence-corrected chi connectivity index (χ0v) is 9.48. The van der Waals surface area contributed by atoms with Gasteiger partial charge in [-0.2, -0.15) is 0 Å². The Morgan fingerprint density at radius 2 is 1.40 bits per heavy atom. The Morgan fingerprint density at radius 3 is 1.73 bits per heavy atom. The molecule has 0 aromatic carbocycles. The van der Waals surface area contributed by atoms with Crippen LogP contribution in [0, 0.1) is 11.8 Å². The molecular weight excluding hydrogens is 239 g/mol. The number of allylic oxidation sites excluding steroid dienone is 2. The van der Waals surface area contributed by atoms with Crippen LogP contribution in [0.2, 0.25) is 0 Å². The normalized spacial score (nSPS) is 30.5. The molecule has 0 amide bonds. The molecule has 0 radical (unpaired) electrons. The van der Waals surface area contributed by atoms with E-state index in [1.54, 1.807) is 0 Å². The maximum atomic E-state index is 11.3. The van der Waals surface area contributed by atoms with E-state index in [4.69, 9.17) is 23.2 Å². The average Bonchev–Trinajstić information content (AvgIpc) is 2.52. The molecule has 1 heterocycles. The number of halogens is 2. The molecule has 2 atom stereocenters. The molecule has 2 unspecified atom stereocenters. The van der Waals surface area contributed by atoms with Gasteiger partial charge in [-0.1, -0.05) is 11.1 Å². The van der Waals surface area contributed by atoms with Crippen LogP contribution >= 0.6 is 23.2 Å². The van der Waals surface area contributed by atoms with Gasteiger partial charge in [-0.25, -0.2) is 0 Å². The molecule has 5 heteroatoms. The predicted molar refractivity (Wildman–Crippen MR) is 55.8 cm³/mol. The van der Waals surface area contributed by atoms with Crippen molar-refractivity contribution in [1.82, 2.24) is 0 Å². The summed E-state index contributed by atoms with van der Waals surface area (Å²) in [5.41, 5.74) is 1.97. The minimum Gasteiger partial charge on any atom is -0.393 e. The molecule has 0 aromatic heterocycles. The van der Waals surface area contributed by atoms with Gasteiger partial charge >= 0.3 is 11.9 Å². The maximum Gasteiger partial charge on any atom is 0.317 e. The lowest BCUT2D eigenvalue weighted by Crippen LogP contribution is -2.25. The topological polar surface area (TPSA) is 43.4 Å². The van der Waals surface area contributed by atoms with Crippen LogP contribution in [0.1, 0.15) is 12.8 Å². The monoisotopic (exact) mass is 248 g/mol. The number of hydrogen-bond donors (Lipinski definition) is 0. The molecular formula is C10H10Cl2O3. The van der Waals surface area contributed by atoms with Crippen molar-refractivity contribution in [2.45, 2.75) is 12.8 Å². The van der Waals surface area contributed by atoms with E-state index < -0.39 is 11.9 Å². The van der Waals surface area contributed by atoms with E-state index in [1.165, 1.54) is 0 Å². The summed E-state index contributed by atoms with van der Waals surface area (Å²) in [6, 6.07) is 0. The van der Waals surface area contributed by atoms with Crippen LogP contribution in [0.3, 0.4) is 0 Å². The van der Waals surface area contributed by atoms with Crippen LogP contribution in [0.15, 0.2) is 11.1 Å². The Balaban J connectivity index is 2.28. The van der Waals surface area contributed by atoms with E-state index in [1.807, 2.05) is 0 Å². The Labute approximate surface area is 97.4 Å². The molecule has 1 saturated heterocycles. The predicted octanol–water partition coefficient (Wildman–Crippen LogP) is 1.87. The number of carbonyl (C=O) groups excluding carboxylic acids is 2. The van der Waals surface area contributed by atoms with Crippen molar-refractivity contribution in [3.63, 3.8) is 0 Å². The Hall–Kier alpha value is -0.540. The molecule has 15 heavy (non-hydrogen) atoms. The molecule has 0 N–H and O–H groups in total. The second-order valence-electron chi connectivity index (χ2n) is 3.84.